The lowest BCUT2D eigenvalue weighted by Crippen LogP contribution is -2.25. The van der Waals surface area contributed by atoms with E-state index in [1.807, 2.05) is 0 Å². The second-order valence-corrected chi connectivity index (χ2v) is 4.59. The van der Waals surface area contributed by atoms with Crippen molar-refractivity contribution >= 4 is 34.2 Å². The van der Waals surface area contributed by atoms with Gasteiger partial charge in [-0.1, -0.05) is 12.1 Å². The van der Waals surface area contributed by atoms with Gasteiger partial charge in [-0.2, -0.15) is 0 Å². The maximum Gasteiger partial charge on any atom is 0.337 e. The molecule has 0 aliphatic heterocycles. The fraction of sp³-hybridized carbons (Fsp3) is 0.200. The Morgan fingerprint density at radius 2 is 1.70 bits per heavy atom. The van der Waals surface area contributed by atoms with Crippen molar-refractivity contribution in [2.24, 2.45) is 0 Å². The fourth-order valence-electron chi connectivity index (χ4n) is 1.89. The molecule has 0 unspecified atom stereocenters. The van der Waals surface area contributed by atoms with E-state index < -0.39 is 0 Å². The summed E-state index contributed by atoms with van der Waals surface area (Å²) in [7, 11) is 1.34. The minimum Gasteiger partial charge on any atom is -0.465 e. The van der Waals surface area contributed by atoms with Crippen LogP contribution in [0.25, 0.3) is 10.8 Å². The Hall–Kier alpha value is -2.07. The summed E-state index contributed by atoms with van der Waals surface area (Å²) in [5.41, 5.74) is 1.05. The molecule has 0 spiro atoms. The van der Waals surface area contributed by atoms with Gasteiger partial charge < -0.3 is 10.1 Å². The monoisotopic (exact) mass is 291 g/mol. The highest BCUT2D eigenvalue weighted by Gasteiger charge is 2.08. The molecule has 0 radical (unpaired) electrons. The van der Waals surface area contributed by atoms with Crippen LogP contribution in [0.3, 0.4) is 0 Å². The average Bonchev–Trinajstić information content (AvgIpc) is 2.50. The average molecular weight is 292 g/mol. The minimum absolute atomic E-state index is 0.162. The van der Waals surface area contributed by atoms with Crippen molar-refractivity contribution in [1.29, 1.82) is 0 Å². The number of ether oxygens (including phenoxy) is 1. The van der Waals surface area contributed by atoms with E-state index in [0.717, 1.165) is 10.8 Å². The quantitative estimate of drug-likeness (QED) is 0.696. The summed E-state index contributed by atoms with van der Waals surface area (Å²) >= 11 is 5.53. The van der Waals surface area contributed by atoms with Gasteiger partial charge in [0.25, 0.3) is 5.91 Å². The van der Waals surface area contributed by atoms with Crippen molar-refractivity contribution in [1.82, 2.24) is 5.32 Å². The predicted octanol–water partition coefficient (Wildman–Crippen LogP) is 2.60. The summed E-state index contributed by atoms with van der Waals surface area (Å²) < 4.78 is 4.68. The second-order valence-electron chi connectivity index (χ2n) is 4.21. The van der Waals surface area contributed by atoms with Crippen molar-refractivity contribution < 1.29 is 14.3 Å². The van der Waals surface area contributed by atoms with E-state index in [1.165, 1.54) is 7.11 Å². The molecule has 0 aliphatic rings. The number of hydrogen-bond acceptors (Lipinski definition) is 3. The van der Waals surface area contributed by atoms with Crippen LogP contribution >= 0.6 is 11.6 Å². The Labute approximate surface area is 121 Å². The minimum atomic E-state index is -0.379. The Kier molecular flexibility index (Phi) is 4.58. The van der Waals surface area contributed by atoms with Gasteiger partial charge in [0.05, 0.1) is 12.7 Å². The molecule has 20 heavy (non-hydrogen) atoms. The lowest BCUT2D eigenvalue weighted by Gasteiger charge is -2.06. The van der Waals surface area contributed by atoms with Crippen LogP contribution < -0.4 is 5.32 Å². The summed E-state index contributed by atoms with van der Waals surface area (Å²) in [6.45, 7) is 0.430. The molecule has 0 saturated heterocycles. The Balaban J connectivity index is 2.31. The number of nitrogens with one attached hydrogen (secondary N) is 1. The zero-order chi connectivity index (χ0) is 14.5. The molecule has 1 N–H and O–H groups in total. The van der Waals surface area contributed by atoms with Gasteiger partial charge in [0.2, 0.25) is 0 Å². The van der Waals surface area contributed by atoms with Crippen LogP contribution in [0.15, 0.2) is 36.4 Å². The third-order valence-corrected chi connectivity index (χ3v) is 3.09. The molecule has 104 valence electrons. The van der Waals surface area contributed by atoms with Crippen LogP contribution in [0.2, 0.25) is 0 Å². The lowest BCUT2D eigenvalue weighted by atomic mass is 10.0. The summed E-state index contributed by atoms with van der Waals surface area (Å²) in [5.74, 6) is -0.164. The third-order valence-electron chi connectivity index (χ3n) is 2.90. The number of amides is 1. The maximum absolute atomic E-state index is 11.8. The van der Waals surface area contributed by atoms with Crippen LogP contribution in [0, 0.1) is 0 Å². The SMILES string of the molecule is COC(=O)c1ccc2cc(C(=O)NCCCl)ccc2c1. The first-order valence-electron chi connectivity index (χ1n) is 6.12. The topological polar surface area (TPSA) is 55.4 Å². The molecule has 1 amide bonds. The predicted molar refractivity (Wildman–Crippen MR) is 78.3 cm³/mol. The maximum atomic E-state index is 11.8. The molecule has 0 bridgehead atoms. The second kappa shape index (κ2) is 6.39. The van der Waals surface area contributed by atoms with Crippen LogP contribution in [0.4, 0.5) is 0 Å². The molecule has 0 aliphatic carbocycles. The van der Waals surface area contributed by atoms with Gasteiger partial charge in [-0.15, -0.1) is 11.6 Å². The third kappa shape index (κ3) is 3.08. The summed E-state index contributed by atoms with van der Waals surface area (Å²) in [6.07, 6.45) is 0. The summed E-state index contributed by atoms with van der Waals surface area (Å²) in [5, 5.41) is 4.47. The van der Waals surface area contributed by atoms with Crippen LogP contribution in [-0.2, 0) is 4.74 Å². The largest absolute Gasteiger partial charge is 0.465 e. The molecular formula is C15H14ClNO3. The molecule has 4 nitrogen and oxygen atoms in total. The number of hydrogen-bond donors (Lipinski definition) is 1. The van der Waals surface area contributed by atoms with Gasteiger partial charge in [-0.25, -0.2) is 4.79 Å². The number of rotatable bonds is 4. The van der Waals surface area contributed by atoms with E-state index >= 15 is 0 Å². The van der Waals surface area contributed by atoms with Crippen molar-refractivity contribution in [2.45, 2.75) is 0 Å². The standard InChI is InChI=1S/C15H14ClNO3/c1-20-15(19)13-5-3-10-8-12(4-2-11(10)9-13)14(18)17-7-6-16/h2-5,8-9H,6-7H2,1H3,(H,17,18). The fourth-order valence-corrected chi connectivity index (χ4v) is 1.99. The molecular weight excluding hydrogens is 278 g/mol. The van der Waals surface area contributed by atoms with Crippen LogP contribution in [-0.4, -0.2) is 31.4 Å². The van der Waals surface area contributed by atoms with Crippen molar-refractivity contribution in [3.63, 3.8) is 0 Å². The number of esters is 1. The van der Waals surface area contributed by atoms with Crippen molar-refractivity contribution in [3.8, 4) is 0 Å². The van der Waals surface area contributed by atoms with Crippen LogP contribution in [0.5, 0.6) is 0 Å². The van der Waals surface area contributed by atoms with Gasteiger partial charge in [-0.3, -0.25) is 4.79 Å². The molecule has 0 fully saturated rings. The number of methoxy groups -OCH3 is 1. The molecule has 5 heteroatoms. The highest BCUT2D eigenvalue weighted by molar-refractivity contribution is 6.18. The zero-order valence-electron chi connectivity index (χ0n) is 11.0. The van der Waals surface area contributed by atoms with E-state index in [9.17, 15) is 9.59 Å². The number of carbonyl (C=O) groups is 2. The number of alkyl halides is 1. The number of carbonyl (C=O) groups excluding carboxylic acids is 2. The smallest absolute Gasteiger partial charge is 0.337 e. The molecule has 0 saturated carbocycles. The number of fused-ring (bicyclic) bond motifs is 1. The van der Waals surface area contributed by atoms with Gasteiger partial charge in [0.1, 0.15) is 0 Å². The van der Waals surface area contributed by atoms with Crippen molar-refractivity contribution in [3.05, 3.63) is 47.5 Å². The Bertz CT molecular complexity index is 655. The highest BCUT2D eigenvalue weighted by atomic mass is 35.5. The highest BCUT2D eigenvalue weighted by Crippen LogP contribution is 2.18. The van der Waals surface area contributed by atoms with E-state index in [1.54, 1.807) is 36.4 Å². The van der Waals surface area contributed by atoms with Crippen molar-refractivity contribution in [2.75, 3.05) is 19.5 Å². The van der Waals surface area contributed by atoms with Gasteiger partial charge in [0.15, 0.2) is 0 Å². The van der Waals surface area contributed by atoms with Crippen LogP contribution in [0.1, 0.15) is 20.7 Å². The Morgan fingerprint density at radius 3 is 2.30 bits per heavy atom. The molecule has 2 rings (SSSR count). The first-order chi connectivity index (χ1) is 9.65. The normalized spacial score (nSPS) is 10.3. The lowest BCUT2D eigenvalue weighted by molar-refractivity contribution is 0.0600. The molecule has 2 aromatic carbocycles. The number of halogens is 1. The molecule has 0 heterocycles. The zero-order valence-corrected chi connectivity index (χ0v) is 11.7. The van der Waals surface area contributed by atoms with Gasteiger partial charge in [-0.05, 0) is 35.0 Å². The Morgan fingerprint density at radius 1 is 1.10 bits per heavy atom. The van der Waals surface area contributed by atoms with E-state index in [4.69, 9.17) is 11.6 Å². The first kappa shape index (κ1) is 14.3. The molecule has 0 atom stereocenters. The summed E-state index contributed by atoms with van der Waals surface area (Å²) in [4.78, 5) is 23.3. The first-order valence-corrected chi connectivity index (χ1v) is 6.65. The molecule has 2 aromatic rings. The van der Waals surface area contributed by atoms with E-state index in [2.05, 4.69) is 10.1 Å². The number of benzene rings is 2. The molecule has 0 aromatic heterocycles. The van der Waals surface area contributed by atoms with Gasteiger partial charge in [0, 0.05) is 18.0 Å². The van der Waals surface area contributed by atoms with E-state index in [-0.39, 0.29) is 11.9 Å². The van der Waals surface area contributed by atoms with Gasteiger partial charge >= 0.3 is 5.97 Å². The van der Waals surface area contributed by atoms with E-state index in [0.29, 0.717) is 23.6 Å². The summed E-state index contributed by atoms with van der Waals surface area (Å²) in [6, 6.07) is 10.5.